The summed E-state index contributed by atoms with van der Waals surface area (Å²) in [7, 11) is 0. The molecule has 3 heteroatoms. The Morgan fingerprint density at radius 1 is 1.43 bits per heavy atom. The van der Waals surface area contributed by atoms with Gasteiger partial charge in [0.1, 0.15) is 0 Å². The van der Waals surface area contributed by atoms with Crippen LogP contribution in [0.1, 0.15) is 31.5 Å². The summed E-state index contributed by atoms with van der Waals surface area (Å²) in [4.78, 5) is 4.45. The smallest absolute Gasteiger partial charge is 0.215 e. The molecule has 0 saturated carbocycles. The van der Waals surface area contributed by atoms with Crippen LogP contribution < -0.4 is 4.74 Å². The molecule has 1 aliphatic carbocycles. The minimum Gasteiger partial charge on any atom is -0.475 e. The second-order valence-electron chi connectivity index (χ2n) is 3.89. The van der Waals surface area contributed by atoms with Crippen LogP contribution in [0.5, 0.6) is 5.88 Å². The fraction of sp³-hybridized carbons (Fsp3) is 0.545. The van der Waals surface area contributed by atoms with Gasteiger partial charge in [-0.3, -0.25) is 0 Å². The number of pyridine rings is 1. The molecule has 1 heterocycles. The van der Waals surface area contributed by atoms with Crippen molar-refractivity contribution in [3.63, 3.8) is 0 Å². The Kier molecular flexibility index (Phi) is 2.64. The van der Waals surface area contributed by atoms with E-state index in [0.29, 0.717) is 5.88 Å². The molecule has 0 atom stereocenters. The van der Waals surface area contributed by atoms with E-state index in [1.165, 1.54) is 5.56 Å². The summed E-state index contributed by atoms with van der Waals surface area (Å²) >= 11 is 6.14. The van der Waals surface area contributed by atoms with Gasteiger partial charge in [0.05, 0.1) is 11.1 Å². The van der Waals surface area contributed by atoms with E-state index >= 15 is 0 Å². The normalized spacial score (nSPS) is 14.6. The monoisotopic (exact) mass is 211 g/mol. The summed E-state index contributed by atoms with van der Waals surface area (Å²) in [6.07, 6.45) is 3.40. The summed E-state index contributed by atoms with van der Waals surface area (Å²) in [5.41, 5.74) is 2.33. The van der Waals surface area contributed by atoms with Gasteiger partial charge in [-0.2, -0.15) is 0 Å². The Labute approximate surface area is 89.3 Å². The highest BCUT2D eigenvalue weighted by molar-refractivity contribution is 6.31. The number of halogens is 1. The van der Waals surface area contributed by atoms with Crippen LogP contribution in [0.2, 0.25) is 5.02 Å². The topological polar surface area (TPSA) is 22.1 Å². The van der Waals surface area contributed by atoms with Crippen LogP contribution in [0, 0.1) is 0 Å². The molecule has 0 radical (unpaired) electrons. The maximum absolute atomic E-state index is 6.14. The van der Waals surface area contributed by atoms with E-state index < -0.39 is 0 Å². The molecule has 0 saturated heterocycles. The van der Waals surface area contributed by atoms with Crippen molar-refractivity contribution in [1.29, 1.82) is 0 Å². The van der Waals surface area contributed by atoms with Crippen LogP contribution in [0.4, 0.5) is 0 Å². The summed E-state index contributed by atoms with van der Waals surface area (Å²) in [5.74, 6) is 0.658. The quantitative estimate of drug-likeness (QED) is 0.750. The molecule has 76 valence electrons. The molecule has 2 rings (SSSR count). The molecule has 0 spiro atoms. The Bertz CT molecular complexity index is 349. The van der Waals surface area contributed by atoms with E-state index in [2.05, 4.69) is 4.98 Å². The highest BCUT2D eigenvalue weighted by Gasteiger charge is 2.17. The van der Waals surface area contributed by atoms with E-state index in [-0.39, 0.29) is 6.10 Å². The lowest BCUT2D eigenvalue weighted by atomic mass is 10.2. The molecule has 0 bridgehead atoms. The van der Waals surface area contributed by atoms with Crippen molar-refractivity contribution in [2.75, 3.05) is 0 Å². The lowest BCUT2D eigenvalue weighted by Gasteiger charge is -2.10. The lowest BCUT2D eigenvalue weighted by molar-refractivity contribution is 0.232. The Balaban J connectivity index is 2.32. The molecule has 2 nitrogen and oxygen atoms in total. The summed E-state index contributed by atoms with van der Waals surface area (Å²) in [6, 6.07) is 1.83. The fourth-order valence-electron chi connectivity index (χ4n) is 1.77. The van der Waals surface area contributed by atoms with Crippen molar-refractivity contribution in [3.8, 4) is 5.88 Å². The largest absolute Gasteiger partial charge is 0.475 e. The van der Waals surface area contributed by atoms with Crippen LogP contribution in [-0.4, -0.2) is 11.1 Å². The third kappa shape index (κ3) is 1.85. The summed E-state index contributed by atoms with van der Waals surface area (Å²) in [5, 5.41) is 0.808. The SMILES string of the molecule is CC(C)Oc1cc(Cl)c2c(n1)CCC2. The number of hydrogen-bond acceptors (Lipinski definition) is 2. The second-order valence-corrected chi connectivity index (χ2v) is 4.29. The van der Waals surface area contributed by atoms with Gasteiger partial charge < -0.3 is 4.74 Å². The molecule has 0 aromatic carbocycles. The van der Waals surface area contributed by atoms with Crippen molar-refractivity contribution in [2.45, 2.75) is 39.2 Å². The third-order valence-corrected chi connectivity index (χ3v) is 2.67. The highest BCUT2D eigenvalue weighted by atomic mass is 35.5. The zero-order chi connectivity index (χ0) is 10.1. The first kappa shape index (κ1) is 9.78. The Morgan fingerprint density at radius 2 is 2.21 bits per heavy atom. The molecular weight excluding hydrogens is 198 g/mol. The summed E-state index contributed by atoms with van der Waals surface area (Å²) < 4.78 is 5.52. The minimum atomic E-state index is 0.151. The Morgan fingerprint density at radius 3 is 2.93 bits per heavy atom. The number of ether oxygens (including phenoxy) is 1. The molecule has 0 aliphatic heterocycles. The van der Waals surface area contributed by atoms with Crippen molar-refractivity contribution in [3.05, 3.63) is 22.3 Å². The number of nitrogens with zero attached hydrogens (tertiary/aromatic N) is 1. The predicted octanol–water partition coefficient (Wildman–Crippen LogP) is 3.01. The minimum absolute atomic E-state index is 0.151. The molecule has 0 amide bonds. The van der Waals surface area contributed by atoms with Gasteiger partial charge in [0, 0.05) is 11.8 Å². The van der Waals surface area contributed by atoms with Crippen LogP contribution in [-0.2, 0) is 12.8 Å². The van der Waals surface area contributed by atoms with E-state index in [1.807, 2.05) is 19.9 Å². The van der Waals surface area contributed by atoms with Crippen LogP contribution in [0.3, 0.4) is 0 Å². The van der Waals surface area contributed by atoms with Gasteiger partial charge in [-0.05, 0) is 38.7 Å². The number of hydrogen-bond donors (Lipinski definition) is 0. The van der Waals surface area contributed by atoms with Gasteiger partial charge in [-0.1, -0.05) is 11.6 Å². The van der Waals surface area contributed by atoms with E-state index in [1.54, 1.807) is 0 Å². The number of fused-ring (bicyclic) bond motifs is 1. The van der Waals surface area contributed by atoms with Gasteiger partial charge in [0.25, 0.3) is 0 Å². The first-order valence-electron chi connectivity index (χ1n) is 5.02. The van der Waals surface area contributed by atoms with Crippen molar-refractivity contribution in [1.82, 2.24) is 4.98 Å². The highest BCUT2D eigenvalue weighted by Crippen LogP contribution is 2.30. The Hall–Kier alpha value is -0.760. The molecule has 0 N–H and O–H groups in total. The molecule has 0 fully saturated rings. The lowest BCUT2D eigenvalue weighted by Crippen LogP contribution is -2.07. The van der Waals surface area contributed by atoms with Crippen molar-refractivity contribution < 1.29 is 4.74 Å². The molecule has 0 unspecified atom stereocenters. The van der Waals surface area contributed by atoms with Crippen molar-refractivity contribution in [2.24, 2.45) is 0 Å². The molecule has 1 aliphatic rings. The van der Waals surface area contributed by atoms with E-state index in [9.17, 15) is 0 Å². The fourth-order valence-corrected chi connectivity index (χ4v) is 2.07. The van der Waals surface area contributed by atoms with Gasteiger partial charge in [-0.25, -0.2) is 4.98 Å². The van der Waals surface area contributed by atoms with Gasteiger partial charge in [-0.15, -0.1) is 0 Å². The zero-order valence-electron chi connectivity index (χ0n) is 8.51. The average molecular weight is 212 g/mol. The number of rotatable bonds is 2. The third-order valence-electron chi connectivity index (χ3n) is 2.33. The molecule has 1 aromatic heterocycles. The molecule has 14 heavy (non-hydrogen) atoms. The molecule has 1 aromatic rings. The standard InChI is InChI=1S/C11H14ClNO/c1-7(2)14-11-6-9(12)8-4-3-5-10(8)13-11/h6-7H,3-5H2,1-2H3. The van der Waals surface area contributed by atoms with Gasteiger partial charge >= 0.3 is 0 Å². The molecular formula is C11H14ClNO. The summed E-state index contributed by atoms with van der Waals surface area (Å²) in [6.45, 7) is 3.98. The van der Waals surface area contributed by atoms with Crippen LogP contribution >= 0.6 is 11.6 Å². The zero-order valence-corrected chi connectivity index (χ0v) is 9.27. The predicted molar refractivity (Wildman–Crippen MR) is 57.0 cm³/mol. The van der Waals surface area contributed by atoms with Crippen LogP contribution in [0.25, 0.3) is 0 Å². The number of aryl methyl sites for hydroxylation is 1. The van der Waals surface area contributed by atoms with E-state index in [0.717, 1.165) is 30.0 Å². The second kappa shape index (κ2) is 3.77. The first-order chi connectivity index (χ1) is 6.66. The van der Waals surface area contributed by atoms with Crippen LogP contribution in [0.15, 0.2) is 6.07 Å². The van der Waals surface area contributed by atoms with Gasteiger partial charge in [0.15, 0.2) is 0 Å². The van der Waals surface area contributed by atoms with Gasteiger partial charge in [0.2, 0.25) is 5.88 Å². The average Bonchev–Trinajstić information content (AvgIpc) is 2.50. The maximum atomic E-state index is 6.14. The van der Waals surface area contributed by atoms with E-state index in [4.69, 9.17) is 16.3 Å². The van der Waals surface area contributed by atoms with Crippen molar-refractivity contribution >= 4 is 11.6 Å². The maximum Gasteiger partial charge on any atom is 0.215 e. The first-order valence-corrected chi connectivity index (χ1v) is 5.39. The number of aromatic nitrogens is 1.